The number of ether oxygens (including phenoxy) is 1. The highest BCUT2D eigenvalue weighted by molar-refractivity contribution is 5.81. The summed E-state index contributed by atoms with van der Waals surface area (Å²) in [5.74, 6) is 0.853. The van der Waals surface area contributed by atoms with Crippen LogP contribution in [0, 0.1) is 0 Å². The molecule has 0 spiro atoms. The minimum Gasteiger partial charge on any atom is -0.481 e. The van der Waals surface area contributed by atoms with Crippen molar-refractivity contribution in [2.75, 3.05) is 20.1 Å². The first-order valence-corrected chi connectivity index (χ1v) is 8.55. The van der Waals surface area contributed by atoms with Gasteiger partial charge in [0.25, 0.3) is 5.91 Å². The maximum absolute atomic E-state index is 12.7. The minimum absolute atomic E-state index is 0.0689. The highest BCUT2D eigenvalue weighted by atomic mass is 16.5. The van der Waals surface area contributed by atoms with Crippen molar-refractivity contribution in [2.45, 2.75) is 58.1 Å². The molecule has 0 radical (unpaired) electrons. The van der Waals surface area contributed by atoms with E-state index in [2.05, 4.69) is 32.2 Å². The summed E-state index contributed by atoms with van der Waals surface area (Å²) in [4.78, 5) is 14.7. The Bertz CT molecular complexity index is 536. The van der Waals surface area contributed by atoms with Gasteiger partial charge in [0, 0.05) is 19.1 Å². The molecule has 23 heavy (non-hydrogen) atoms. The summed E-state index contributed by atoms with van der Waals surface area (Å²) in [5, 5.41) is 3.17. The smallest absolute Gasteiger partial charge is 0.263 e. The summed E-state index contributed by atoms with van der Waals surface area (Å²) >= 11 is 0. The Hall–Kier alpha value is -1.55. The summed E-state index contributed by atoms with van der Waals surface area (Å²) in [6.45, 7) is 10.0. The third-order valence-electron chi connectivity index (χ3n) is 4.46. The lowest BCUT2D eigenvalue weighted by Gasteiger charge is -2.28. The zero-order valence-electron chi connectivity index (χ0n) is 15.1. The molecule has 1 amide bonds. The maximum atomic E-state index is 12.7. The van der Waals surface area contributed by atoms with Crippen LogP contribution in [0.4, 0.5) is 0 Å². The number of carbonyl (C=O) groups excluding carboxylic acids is 1. The van der Waals surface area contributed by atoms with Crippen molar-refractivity contribution in [3.8, 4) is 5.75 Å². The van der Waals surface area contributed by atoms with E-state index in [1.165, 1.54) is 5.56 Å². The summed E-state index contributed by atoms with van der Waals surface area (Å²) in [7, 11) is 1.93. The largest absolute Gasteiger partial charge is 0.481 e. The van der Waals surface area contributed by atoms with E-state index in [1.807, 2.05) is 37.1 Å². The predicted molar refractivity (Wildman–Crippen MR) is 93.9 cm³/mol. The second-order valence-corrected chi connectivity index (χ2v) is 7.42. The summed E-state index contributed by atoms with van der Waals surface area (Å²) < 4.78 is 5.94. The molecule has 1 N–H and O–H groups in total. The first-order chi connectivity index (χ1) is 10.8. The second kappa shape index (κ2) is 7.35. The van der Waals surface area contributed by atoms with Crippen LogP contribution in [-0.2, 0) is 10.2 Å². The molecule has 1 heterocycles. The van der Waals surface area contributed by atoms with Gasteiger partial charge in [-0.25, -0.2) is 0 Å². The van der Waals surface area contributed by atoms with Crippen LogP contribution < -0.4 is 10.1 Å². The molecule has 0 bridgehead atoms. The van der Waals surface area contributed by atoms with Crippen LogP contribution in [0.5, 0.6) is 5.75 Å². The SMILES string of the molecule is CNCC1CCCN1C(=O)C(C)Oc1cccc(C(C)(C)C)c1. The van der Waals surface area contributed by atoms with E-state index in [-0.39, 0.29) is 11.3 Å². The third kappa shape index (κ3) is 4.47. The highest BCUT2D eigenvalue weighted by Crippen LogP contribution is 2.26. The summed E-state index contributed by atoms with van der Waals surface area (Å²) in [6, 6.07) is 8.35. The van der Waals surface area contributed by atoms with Crippen molar-refractivity contribution in [1.29, 1.82) is 0 Å². The average molecular weight is 318 g/mol. The van der Waals surface area contributed by atoms with E-state index in [0.717, 1.165) is 31.7 Å². The maximum Gasteiger partial charge on any atom is 0.263 e. The molecule has 128 valence electrons. The van der Waals surface area contributed by atoms with E-state index in [0.29, 0.717) is 6.04 Å². The van der Waals surface area contributed by atoms with Gasteiger partial charge >= 0.3 is 0 Å². The van der Waals surface area contributed by atoms with Crippen LogP contribution in [0.15, 0.2) is 24.3 Å². The molecule has 0 aliphatic carbocycles. The van der Waals surface area contributed by atoms with Gasteiger partial charge in [0.2, 0.25) is 0 Å². The molecule has 1 saturated heterocycles. The minimum atomic E-state index is -0.456. The quantitative estimate of drug-likeness (QED) is 0.907. The molecular formula is C19H30N2O2. The van der Waals surface area contributed by atoms with Crippen molar-refractivity contribution in [1.82, 2.24) is 10.2 Å². The van der Waals surface area contributed by atoms with Crippen molar-refractivity contribution in [2.24, 2.45) is 0 Å². The van der Waals surface area contributed by atoms with Crippen LogP contribution in [0.25, 0.3) is 0 Å². The van der Waals surface area contributed by atoms with Crippen LogP contribution >= 0.6 is 0 Å². The summed E-state index contributed by atoms with van der Waals surface area (Å²) in [5.41, 5.74) is 1.28. The number of likely N-dealkylation sites (tertiary alicyclic amines) is 1. The first kappa shape index (κ1) is 17.8. The van der Waals surface area contributed by atoms with Gasteiger partial charge in [0.15, 0.2) is 6.10 Å². The lowest BCUT2D eigenvalue weighted by Crippen LogP contribution is -2.46. The fraction of sp³-hybridized carbons (Fsp3) is 0.632. The normalized spacial score (nSPS) is 19.7. The molecule has 1 aliphatic heterocycles. The topological polar surface area (TPSA) is 41.6 Å². The lowest BCUT2D eigenvalue weighted by molar-refractivity contribution is -0.138. The van der Waals surface area contributed by atoms with Crippen molar-refractivity contribution in [3.05, 3.63) is 29.8 Å². The van der Waals surface area contributed by atoms with Crippen LogP contribution in [0.3, 0.4) is 0 Å². The van der Waals surface area contributed by atoms with Crippen LogP contribution in [0.1, 0.15) is 46.1 Å². The molecule has 1 aliphatic rings. The number of rotatable bonds is 5. The zero-order valence-corrected chi connectivity index (χ0v) is 15.1. The molecule has 4 heteroatoms. The average Bonchev–Trinajstić information content (AvgIpc) is 2.94. The number of benzene rings is 1. The molecule has 0 aromatic heterocycles. The predicted octanol–water partition coefficient (Wildman–Crippen LogP) is 2.96. The Labute approximate surface area is 140 Å². The molecule has 4 nitrogen and oxygen atoms in total. The molecule has 2 unspecified atom stereocenters. The zero-order chi connectivity index (χ0) is 17.0. The van der Waals surface area contributed by atoms with Gasteiger partial charge in [-0.1, -0.05) is 32.9 Å². The van der Waals surface area contributed by atoms with Gasteiger partial charge in [0.05, 0.1) is 0 Å². The van der Waals surface area contributed by atoms with Gasteiger partial charge in [-0.2, -0.15) is 0 Å². The Morgan fingerprint density at radius 2 is 2.17 bits per heavy atom. The summed E-state index contributed by atoms with van der Waals surface area (Å²) in [6.07, 6.45) is 1.69. The van der Waals surface area contributed by atoms with E-state index in [9.17, 15) is 4.79 Å². The van der Waals surface area contributed by atoms with Gasteiger partial charge in [-0.3, -0.25) is 4.79 Å². The van der Waals surface area contributed by atoms with E-state index < -0.39 is 6.10 Å². The van der Waals surface area contributed by atoms with E-state index >= 15 is 0 Å². The molecule has 1 fully saturated rings. The van der Waals surface area contributed by atoms with Crippen molar-refractivity contribution >= 4 is 5.91 Å². The Morgan fingerprint density at radius 3 is 2.83 bits per heavy atom. The molecular weight excluding hydrogens is 288 g/mol. The number of likely N-dealkylation sites (N-methyl/N-ethyl adjacent to an activating group) is 1. The Balaban J connectivity index is 2.04. The fourth-order valence-electron chi connectivity index (χ4n) is 3.10. The number of nitrogens with zero attached hydrogens (tertiary/aromatic N) is 1. The van der Waals surface area contributed by atoms with E-state index in [4.69, 9.17) is 4.74 Å². The number of hydrogen-bond donors (Lipinski definition) is 1. The molecule has 0 saturated carbocycles. The molecule has 2 rings (SSSR count). The van der Waals surface area contributed by atoms with Gasteiger partial charge in [-0.05, 0) is 49.9 Å². The second-order valence-electron chi connectivity index (χ2n) is 7.42. The van der Waals surface area contributed by atoms with E-state index in [1.54, 1.807) is 0 Å². The van der Waals surface area contributed by atoms with Crippen LogP contribution in [0.2, 0.25) is 0 Å². The highest BCUT2D eigenvalue weighted by Gasteiger charge is 2.31. The number of hydrogen-bond acceptors (Lipinski definition) is 3. The number of amides is 1. The monoisotopic (exact) mass is 318 g/mol. The van der Waals surface area contributed by atoms with Gasteiger partial charge in [-0.15, -0.1) is 0 Å². The molecule has 1 aromatic carbocycles. The Kier molecular flexibility index (Phi) is 5.69. The fourth-order valence-corrected chi connectivity index (χ4v) is 3.10. The lowest BCUT2D eigenvalue weighted by atomic mass is 9.87. The molecule has 2 atom stereocenters. The van der Waals surface area contributed by atoms with Crippen LogP contribution in [-0.4, -0.2) is 43.1 Å². The van der Waals surface area contributed by atoms with Crippen molar-refractivity contribution in [3.63, 3.8) is 0 Å². The standard InChI is InChI=1S/C19H30N2O2/c1-14(18(22)21-11-7-9-16(21)13-20-5)23-17-10-6-8-15(12-17)19(2,3)4/h6,8,10,12,14,16,20H,7,9,11,13H2,1-5H3. The van der Waals surface area contributed by atoms with Gasteiger partial charge < -0.3 is 15.0 Å². The molecule has 1 aromatic rings. The third-order valence-corrected chi connectivity index (χ3v) is 4.46. The van der Waals surface area contributed by atoms with Crippen molar-refractivity contribution < 1.29 is 9.53 Å². The number of nitrogens with one attached hydrogen (secondary N) is 1. The Morgan fingerprint density at radius 1 is 1.43 bits per heavy atom. The van der Waals surface area contributed by atoms with Gasteiger partial charge in [0.1, 0.15) is 5.75 Å². The number of carbonyl (C=O) groups is 1. The first-order valence-electron chi connectivity index (χ1n) is 8.55.